The number of nitrogens with zero attached hydrogens (tertiary/aromatic N) is 2. The van der Waals surface area contributed by atoms with Gasteiger partial charge in [0.1, 0.15) is 23.3 Å². The van der Waals surface area contributed by atoms with Crippen LogP contribution in [-0.2, 0) is 24.5 Å². The van der Waals surface area contributed by atoms with Crippen LogP contribution in [0.25, 0.3) is 0 Å². The number of phenols is 1. The van der Waals surface area contributed by atoms with E-state index < -0.39 is 65.4 Å². The van der Waals surface area contributed by atoms with Gasteiger partial charge in [0.05, 0.1) is 36.3 Å². The molecular weight excluding hydrogens is 757 g/mol. The van der Waals surface area contributed by atoms with Crippen molar-refractivity contribution in [2.75, 3.05) is 18.1 Å². The molecule has 0 bridgehead atoms. The van der Waals surface area contributed by atoms with Gasteiger partial charge < -0.3 is 25.6 Å². The van der Waals surface area contributed by atoms with Crippen LogP contribution in [0.15, 0.2) is 146 Å². The molecule has 0 aliphatic carbocycles. The number of nitrogens with one attached hydrogen (secondary N) is 2. The standard InChI is InChI=1S/C49H44N4O7/c1-3-28-50-45(56)40-42-46(57)60-43(35-20-11-6-12-21-35)41(34-18-9-5-10-19-34)53(42)44(36-23-25-37(55)26-24-36)49(40)38-30-32(15-13-14-29-54)22-27-39(38)52(47(49)58)48(59)51-31(2)33-16-7-4-8-17-33/h3-12,16-27,30-31,40-44,54-55H,1,14,28-29H2,2H3,(H,50,56)(H,51,59)/t31-,40+,41+,42+,43-,44-,49+/m1/s1. The van der Waals surface area contributed by atoms with Gasteiger partial charge in [0.2, 0.25) is 11.8 Å². The number of aliphatic hydroxyl groups excluding tert-OH is 1. The molecule has 5 aromatic rings. The van der Waals surface area contributed by atoms with E-state index in [2.05, 4.69) is 29.1 Å². The van der Waals surface area contributed by atoms with E-state index in [0.717, 1.165) is 16.0 Å². The van der Waals surface area contributed by atoms with Gasteiger partial charge in [-0.1, -0.05) is 121 Å². The third-order valence-corrected chi connectivity index (χ3v) is 11.7. The van der Waals surface area contributed by atoms with Crippen molar-refractivity contribution in [2.24, 2.45) is 5.92 Å². The first-order valence-corrected chi connectivity index (χ1v) is 19.9. The lowest BCUT2D eigenvalue weighted by molar-refractivity contribution is -0.178. The molecular formula is C49H44N4O7. The summed E-state index contributed by atoms with van der Waals surface area (Å²) >= 11 is 0. The number of esters is 1. The number of hydrogen-bond acceptors (Lipinski definition) is 8. The number of fused-ring (bicyclic) bond motifs is 3. The average molecular weight is 801 g/mol. The molecule has 5 aromatic carbocycles. The van der Waals surface area contributed by atoms with Crippen LogP contribution in [0.1, 0.15) is 71.0 Å². The zero-order chi connectivity index (χ0) is 42.0. The Bertz CT molecular complexity index is 2490. The highest BCUT2D eigenvalue weighted by molar-refractivity contribution is 6.24. The third kappa shape index (κ3) is 6.79. The van der Waals surface area contributed by atoms with Gasteiger partial charge in [0.15, 0.2) is 0 Å². The monoisotopic (exact) mass is 800 g/mol. The minimum absolute atomic E-state index is 0.0261. The maximum Gasteiger partial charge on any atom is 0.329 e. The van der Waals surface area contributed by atoms with Crippen LogP contribution in [0.2, 0.25) is 0 Å². The number of morpholine rings is 1. The molecule has 7 atom stereocenters. The highest BCUT2D eigenvalue weighted by Gasteiger charge is 2.75. The molecule has 302 valence electrons. The van der Waals surface area contributed by atoms with Crippen molar-refractivity contribution in [1.29, 1.82) is 0 Å². The van der Waals surface area contributed by atoms with Gasteiger partial charge in [-0.15, -0.1) is 6.58 Å². The first-order valence-electron chi connectivity index (χ1n) is 19.9. The van der Waals surface area contributed by atoms with E-state index in [1.807, 2.05) is 103 Å². The number of benzene rings is 5. The van der Waals surface area contributed by atoms with Gasteiger partial charge in [-0.05, 0) is 65.1 Å². The highest BCUT2D eigenvalue weighted by Crippen LogP contribution is 2.66. The fourth-order valence-corrected chi connectivity index (χ4v) is 9.22. The summed E-state index contributed by atoms with van der Waals surface area (Å²) < 4.78 is 6.46. The van der Waals surface area contributed by atoms with E-state index in [9.17, 15) is 15.0 Å². The fraction of sp³-hybridized carbons (Fsp3) is 0.224. The SMILES string of the molecule is C=CCNC(=O)[C@@H]1[C@H]2C(=O)O[C@H](c3ccccc3)[C@H](c3ccccc3)N2[C@H](c2ccc(O)cc2)[C@@]12C(=O)N(C(=O)N[C@H](C)c1ccccc1)c1ccc(C#CCCO)cc12. The second kappa shape index (κ2) is 16.7. The summed E-state index contributed by atoms with van der Waals surface area (Å²) in [4.78, 5) is 64.1. The number of imide groups is 1. The number of amides is 4. The number of carbonyl (C=O) groups excluding carboxylic acids is 4. The van der Waals surface area contributed by atoms with E-state index in [1.54, 1.807) is 30.3 Å². The molecule has 4 N–H and O–H groups in total. The summed E-state index contributed by atoms with van der Waals surface area (Å²) in [7, 11) is 0. The van der Waals surface area contributed by atoms with Crippen LogP contribution >= 0.6 is 0 Å². The number of rotatable bonds is 9. The number of cyclic esters (lactones) is 1. The molecule has 3 heterocycles. The summed E-state index contributed by atoms with van der Waals surface area (Å²) in [5.41, 5.74) is 1.81. The zero-order valence-corrected chi connectivity index (χ0v) is 32.9. The van der Waals surface area contributed by atoms with E-state index >= 15 is 14.4 Å². The van der Waals surface area contributed by atoms with Crippen LogP contribution in [0.4, 0.5) is 10.5 Å². The van der Waals surface area contributed by atoms with Gasteiger partial charge in [-0.25, -0.2) is 9.69 Å². The summed E-state index contributed by atoms with van der Waals surface area (Å²) in [6, 6.07) is 35.1. The molecule has 4 amide bonds. The Balaban J connectivity index is 1.43. The first-order chi connectivity index (χ1) is 29.2. The second-order valence-electron chi connectivity index (χ2n) is 15.1. The summed E-state index contributed by atoms with van der Waals surface area (Å²) in [5, 5.41) is 26.1. The minimum atomic E-state index is -1.97. The van der Waals surface area contributed by atoms with Crippen LogP contribution in [-0.4, -0.2) is 58.1 Å². The van der Waals surface area contributed by atoms with Gasteiger partial charge in [-0.2, -0.15) is 0 Å². The number of urea groups is 1. The van der Waals surface area contributed by atoms with Crippen molar-refractivity contribution in [3.05, 3.63) is 179 Å². The Morgan fingerprint density at radius 1 is 0.867 bits per heavy atom. The Kier molecular flexibility index (Phi) is 11.1. The lowest BCUT2D eigenvalue weighted by Gasteiger charge is -2.46. The molecule has 11 nitrogen and oxygen atoms in total. The number of phenolic OH excluding ortho intramolecular Hbond substituents is 1. The highest BCUT2D eigenvalue weighted by atomic mass is 16.6. The third-order valence-electron chi connectivity index (χ3n) is 11.7. The molecule has 60 heavy (non-hydrogen) atoms. The van der Waals surface area contributed by atoms with Gasteiger partial charge in [-0.3, -0.25) is 19.3 Å². The average Bonchev–Trinajstić information content (AvgIpc) is 3.73. The number of ether oxygens (including phenoxy) is 1. The van der Waals surface area contributed by atoms with Gasteiger partial charge in [0.25, 0.3) is 0 Å². The Morgan fingerprint density at radius 2 is 1.52 bits per heavy atom. The molecule has 2 fully saturated rings. The Morgan fingerprint density at radius 3 is 2.17 bits per heavy atom. The molecule has 3 aliphatic rings. The van der Waals surface area contributed by atoms with E-state index in [0.29, 0.717) is 22.3 Å². The second-order valence-corrected chi connectivity index (χ2v) is 15.1. The molecule has 8 rings (SSSR count). The van der Waals surface area contributed by atoms with E-state index in [4.69, 9.17) is 4.74 Å². The molecule has 3 aliphatic heterocycles. The smallest absolute Gasteiger partial charge is 0.329 e. The van der Waals surface area contributed by atoms with Crippen molar-refractivity contribution in [3.63, 3.8) is 0 Å². The minimum Gasteiger partial charge on any atom is -0.508 e. The van der Waals surface area contributed by atoms with E-state index in [-0.39, 0.29) is 31.0 Å². The van der Waals surface area contributed by atoms with E-state index in [1.165, 1.54) is 18.2 Å². The van der Waals surface area contributed by atoms with Crippen LogP contribution < -0.4 is 15.5 Å². The number of hydrogen-bond donors (Lipinski definition) is 4. The summed E-state index contributed by atoms with van der Waals surface area (Å²) in [6.45, 7) is 5.47. The molecule has 1 spiro atoms. The molecule has 0 unspecified atom stereocenters. The lowest BCUT2D eigenvalue weighted by Crippen LogP contribution is -2.56. The van der Waals surface area contributed by atoms with Gasteiger partial charge >= 0.3 is 12.0 Å². The van der Waals surface area contributed by atoms with Gasteiger partial charge in [0, 0.05) is 18.5 Å². The maximum atomic E-state index is 16.2. The predicted molar refractivity (Wildman–Crippen MR) is 225 cm³/mol. The largest absolute Gasteiger partial charge is 0.508 e. The quantitative estimate of drug-likeness (QED) is 0.0745. The summed E-state index contributed by atoms with van der Waals surface area (Å²) in [6.07, 6.45) is 0.814. The zero-order valence-electron chi connectivity index (χ0n) is 32.9. The van der Waals surface area contributed by atoms with Crippen molar-refractivity contribution < 1.29 is 34.1 Å². The Hall–Kier alpha value is -7.00. The normalized spacial score (nSPS) is 23.4. The fourth-order valence-electron chi connectivity index (χ4n) is 9.22. The number of aromatic hydroxyl groups is 1. The molecule has 2 saturated heterocycles. The van der Waals surface area contributed by atoms with Crippen molar-refractivity contribution in [1.82, 2.24) is 15.5 Å². The maximum absolute atomic E-state index is 16.2. The summed E-state index contributed by atoms with van der Waals surface area (Å²) in [5.74, 6) is 2.47. The molecule has 0 aromatic heterocycles. The first kappa shape index (κ1) is 39.8. The molecule has 0 radical (unpaired) electrons. The molecule has 11 heteroatoms. The van der Waals surface area contributed by atoms with Crippen LogP contribution in [0.3, 0.4) is 0 Å². The van der Waals surface area contributed by atoms with Crippen LogP contribution in [0, 0.1) is 17.8 Å². The number of aliphatic hydroxyl groups is 1. The van der Waals surface area contributed by atoms with Crippen molar-refractivity contribution in [3.8, 4) is 17.6 Å². The topological polar surface area (TPSA) is 149 Å². The van der Waals surface area contributed by atoms with Crippen LogP contribution in [0.5, 0.6) is 5.75 Å². The van der Waals surface area contributed by atoms with Crippen molar-refractivity contribution in [2.45, 2.75) is 49.0 Å². The lowest BCUT2D eigenvalue weighted by atomic mass is 9.65. The predicted octanol–water partition coefficient (Wildman–Crippen LogP) is 6.56. The molecule has 0 saturated carbocycles. The Labute approximate surface area is 348 Å². The number of anilines is 1. The number of carbonyl (C=O) groups is 4. The van der Waals surface area contributed by atoms with Crippen molar-refractivity contribution >= 4 is 29.5 Å².